The number of aromatic nitrogens is 1. The van der Waals surface area contributed by atoms with Gasteiger partial charge in [-0.15, -0.1) is 0 Å². The molecule has 2 rings (SSSR count). The van der Waals surface area contributed by atoms with Crippen molar-refractivity contribution >= 4 is 17.6 Å². The van der Waals surface area contributed by atoms with Gasteiger partial charge in [0.1, 0.15) is 11.9 Å². The van der Waals surface area contributed by atoms with Crippen LogP contribution < -0.4 is 16.0 Å². The van der Waals surface area contributed by atoms with E-state index in [4.69, 9.17) is 5.73 Å². The van der Waals surface area contributed by atoms with Gasteiger partial charge in [-0.1, -0.05) is 13.0 Å². The van der Waals surface area contributed by atoms with E-state index in [0.717, 1.165) is 32.0 Å². The number of amides is 2. The van der Waals surface area contributed by atoms with Crippen molar-refractivity contribution in [2.75, 3.05) is 37.6 Å². The number of anilines is 1. The number of carbonyl (C=O) groups excluding carboxylic acids is 2. The molecule has 0 bridgehead atoms. The Morgan fingerprint density at radius 2 is 2.05 bits per heavy atom. The fraction of sp³-hybridized carbons (Fsp3) is 0.533. The third-order valence-corrected chi connectivity index (χ3v) is 3.79. The van der Waals surface area contributed by atoms with E-state index in [-0.39, 0.29) is 5.91 Å². The molecule has 2 amide bonds. The third-order valence-electron chi connectivity index (χ3n) is 3.79. The molecule has 0 aliphatic carbocycles. The third kappa shape index (κ3) is 4.42. The Morgan fingerprint density at radius 1 is 1.32 bits per heavy atom. The molecule has 1 aliphatic rings. The van der Waals surface area contributed by atoms with Gasteiger partial charge in [-0.2, -0.15) is 0 Å². The highest BCUT2D eigenvalue weighted by Gasteiger charge is 2.24. The molecule has 0 radical (unpaired) electrons. The average molecular weight is 305 g/mol. The van der Waals surface area contributed by atoms with E-state index in [9.17, 15) is 9.59 Å². The number of nitrogens with zero attached hydrogens (tertiary/aromatic N) is 3. The standard InChI is InChI=1S/C15H23N5O2/c1-2-14(21)18-12(15(16)22)11-19-7-9-20(10-8-19)13-5-3-4-6-17-13/h3-6,12H,2,7-11H2,1H3,(H2,16,22)(H,18,21). The first-order chi connectivity index (χ1) is 10.6. The van der Waals surface area contributed by atoms with Crippen LogP contribution in [-0.2, 0) is 9.59 Å². The molecular formula is C15H23N5O2. The van der Waals surface area contributed by atoms with Gasteiger partial charge in [0.2, 0.25) is 11.8 Å². The topological polar surface area (TPSA) is 91.6 Å². The van der Waals surface area contributed by atoms with Crippen molar-refractivity contribution in [2.45, 2.75) is 19.4 Å². The van der Waals surface area contributed by atoms with E-state index in [2.05, 4.69) is 20.1 Å². The molecule has 1 aliphatic heterocycles. The van der Waals surface area contributed by atoms with Gasteiger partial charge in [-0.25, -0.2) is 4.98 Å². The number of nitrogens with two attached hydrogens (primary N) is 1. The predicted molar refractivity (Wildman–Crippen MR) is 84.3 cm³/mol. The van der Waals surface area contributed by atoms with E-state index in [1.165, 1.54) is 0 Å². The maximum atomic E-state index is 11.5. The van der Waals surface area contributed by atoms with Crippen LogP contribution in [-0.4, -0.2) is 60.5 Å². The summed E-state index contributed by atoms with van der Waals surface area (Å²) in [4.78, 5) is 31.6. The first-order valence-electron chi connectivity index (χ1n) is 7.57. The van der Waals surface area contributed by atoms with E-state index in [0.29, 0.717) is 13.0 Å². The second-order valence-corrected chi connectivity index (χ2v) is 5.35. The molecule has 1 fully saturated rings. The van der Waals surface area contributed by atoms with Crippen LogP contribution in [0.4, 0.5) is 5.82 Å². The van der Waals surface area contributed by atoms with Crippen molar-refractivity contribution in [2.24, 2.45) is 5.73 Å². The molecule has 1 aromatic heterocycles. The summed E-state index contributed by atoms with van der Waals surface area (Å²) in [5.41, 5.74) is 5.37. The van der Waals surface area contributed by atoms with E-state index in [1.807, 2.05) is 18.2 Å². The predicted octanol–water partition coefficient (Wildman–Crippen LogP) is -0.416. The summed E-state index contributed by atoms with van der Waals surface area (Å²) < 4.78 is 0. The Bertz CT molecular complexity index is 500. The van der Waals surface area contributed by atoms with Crippen molar-refractivity contribution in [3.8, 4) is 0 Å². The average Bonchev–Trinajstić information content (AvgIpc) is 2.55. The van der Waals surface area contributed by atoms with E-state index in [1.54, 1.807) is 13.1 Å². The van der Waals surface area contributed by atoms with Crippen LogP contribution in [0.5, 0.6) is 0 Å². The fourth-order valence-electron chi connectivity index (χ4n) is 2.46. The van der Waals surface area contributed by atoms with Gasteiger partial charge in [-0.05, 0) is 12.1 Å². The highest BCUT2D eigenvalue weighted by molar-refractivity contribution is 5.86. The molecule has 22 heavy (non-hydrogen) atoms. The summed E-state index contributed by atoms with van der Waals surface area (Å²) in [6, 6.07) is 5.23. The normalized spacial score (nSPS) is 17.0. The largest absolute Gasteiger partial charge is 0.368 e. The molecule has 0 aromatic carbocycles. The highest BCUT2D eigenvalue weighted by Crippen LogP contribution is 2.12. The lowest BCUT2D eigenvalue weighted by Crippen LogP contribution is -2.55. The van der Waals surface area contributed by atoms with Crippen LogP contribution in [0.1, 0.15) is 13.3 Å². The van der Waals surface area contributed by atoms with Crippen LogP contribution in [0.2, 0.25) is 0 Å². The first kappa shape index (κ1) is 16.2. The van der Waals surface area contributed by atoms with Gasteiger partial charge >= 0.3 is 0 Å². The maximum Gasteiger partial charge on any atom is 0.241 e. The minimum Gasteiger partial charge on any atom is -0.368 e. The number of hydrogen-bond donors (Lipinski definition) is 2. The van der Waals surface area contributed by atoms with Crippen molar-refractivity contribution in [1.82, 2.24) is 15.2 Å². The summed E-state index contributed by atoms with van der Waals surface area (Å²) >= 11 is 0. The maximum absolute atomic E-state index is 11.5. The second-order valence-electron chi connectivity index (χ2n) is 5.35. The van der Waals surface area contributed by atoms with Gasteiger partial charge < -0.3 is 16.0 Å². The van der Waals surface area contributed by atoms with E-state index < -0.39 is 11.9 Å². The fourth-order valence-corrected chi connectivity index (χ4v) is 2.46. The lowest BCUT2D eigenvalue weighted by atomic mass is 10.2. The van der Waals surface area contributed by atoms with Crippen LogP contribution in [0.3, 0.4) is 0 Å². The SMILES string of the molecule is CCC(=O)NC(CN1CCN(c2ccccn2)CC1)C(N)=O. The lowest BCUT2D eigenvalue weighted by Gasteiger charge is -2.36. The van der Waals surface area contributed by atoms with Crippen LogP contribution in [0.25, 0.3) is 0 Å². The molecule has 7 heteroatoms. The Balaban J connectivity index is 1.85. The van der Waals surface area contributed by atoms with Crippen molar-refractivity contribution in [1.29, 1.82) is 0 Å². The van der Waals surface area contributed by atoms with Crippen molar-refractivity contribution in [3.05, 3.63) is 24.4 Å². The van der Waals surface area contributed by atoms with Gasteiger partial charge in [0.15, 0.2) is 0 Å². The number of hydrogen-bond acceptors (Lipinski definition) is 5. The van der Waals surface area contributed by atoms with E-state index >= 15 is 0 Å². The Labute approximate surface area is 130 Å². The first-order valence-corrected chi connectivity index (χ1v) is 7.57. The number of rotatable bonds is 6. The molecule has 1 unspecified atom stereocenters. The molecule has 120 valence electrons. The summed E-state index contributed by atoms with van der Waals surface area (Å²) in [6.45, 7) is 5.50. The lowest BCUT2D eigenvalue weighted by molar-refractivity contribution is -0.127. The summed E-state index contributed by atoms with van der Waals surface area (Å²) in [5.74, 6) is 0.317. The molecular weight excluding hydrogens is 282 g/mol. The zero-order valence-electron chi connectivity index (χ0n) is 12.9. The van der Waals surface area contributed by atoms with Crippen LogP contribution >= 0.6 is 0 Å². The van der Waals surface area contributed by atoms with Crippen molar-refractivity contribution < 1.29 is 9.59 Å². The Morgan fingerprint density at radius 3 is 2.59 bits per heavy atom. The zero-order valence-corrected chi connectivity index (χ0v) is 12.9. The smallest absolute Gasteiger partial charge is 0.241 e. The number of piperazine rings is 1. The monoisotopic (exact) mass is 305 g/mol. The number of nitrogens with one attached hydrogen (secondary N) is 1. The summed E-state index contributed by atoms with van der Waals surface area (Å²) in [7, 11) is 0. The van der Waals surface area contributed by atoms with Gasteiger partial charge in [0.25, 0.3) is 0 Å². The number of pyridine rings is 1. The van der Waals surface area contributed by atoms with Crippen LogP contribution in [0.15, 0.2) is 24.4 Å². The zero-order chi connectivity index (χ0) is 15.9. The Kier molecular flexibility index (Phi) is 5.71. The number of primary amides is 1. The van der Waals surface area contributed by atoms with Crippen LogP contribution in [0, 0.1) is 0 Å². The molecule has 1 aromatic rings. The molecule has 0 spiro atoms. The van der Waals surface area contributed by atoms with Crippen molar-refractivity contribution in [3.63, 3.8) is 0 Å². The van der Waals surface area contributed by atoms with Gasteiger partial charge in [0.05, 0.1) is 0 Å². The quantitative estimate of drug-likeness (QED) is 0.745. The van der Waals surface area contributed by atoms with Gasteiger partial charge in [0, 0.05) is 45.3 Å². The molecule has 1 saturated heterocycles. The molecule has 7 nitrogen and oxygen atoms in total. The molecule has 2 heterocycles. The second kappa shape index (κ2) is 7.74. The van der Waals surface area contributed by atoms with Gasteiger partial charge in [-0.3, -0.25) is 14.5 Å². The highest BCUT2D eigenvalue weighted by atomic mass is 16.2. The minimum atomic E-state index is -0.631. The minimum absolute atomic E-state index is 0.157. The molecule has 1 atom stereocenters. The summed E-state index contributed by atoms with van der Waals surface area (Å²) in [6.07, 6.45) is 2.13. The molecule has 0 saturated carbocycles. The Hall–Kier alpha value is -2.15. The molecule has 3 N–H and O–H groups in total. The summed E-state index contributed by atoms with van der Waals surface area (Å²) in [5, 5.41) is 2.68. The number of carbonyl (C=O) groups is 2.